The van der Waals surface area contributed by atoms with Crippen LogP contribution in [0.3, 0.4) is 0 Å². The van der Waals surface area contributed by atoms with E-state index in [1.54, 1.807) is 0 Å². The lowest BCUT2D eigenvalue weighted by Gasteiger charge is -2.39. The van der Waals surface area contributed by atoms with Crippen molar-refractivity contribution in [3.8, 4) is 0 Å². The highest BCUT2D eigenvalue weighted by Crippen LogP contribution is 2.25. The number of piperazine rings is 1. The van der Waals surface area contributed by atoms with Gasteiger partial charge >= 0.3 is 0 Å². The quantitative estimate of drug-likeness (QED) is 0.829. The Kier molecular flexibility index (Phi) is 4.61. The molecular weight excluding hydrogens is 222 g/mol. The fraction of sp³-hybridized carbons (Fsp3) is 0.600. The van der Waals surface area contributed by atoms with Gasteiger partial charge in [0.25, 0.3) is 0 Å². The number of hydrogen-bond donors (Lipinski definition) is 1. The number of anilines is 1. The minimum atomic E-state index is 0.546. The molecule has 0 spiro atoms. The normalized spacial score (nSPS) is 19.9. The molecule has 1 fully saturated rings. The maximum Gasteiger partial charge on any atom is 0.0346 e. The summed E-state index contributed by atoms with van der Waals surface area (Å²) in [6.45, 7) is 10.4. The smallest absolute Gasteiger partial charge is 0.0346 e. The number of nitrogen functional groups attached to an aromatic ring is 1. The monoisotopic (exact) mass is 247 g/mol. The van der Waals surface area contributed by atoms with Crippen LogP contribution in [0, 0.1) is 0 Å². The first-order chi connectivity index (χ1) is 8.74. The summed E-state index contributed by atoms with van der Waals surface area (Å²) < 4.78 is 0. The molecule has 0 aromatic heterocycles. The Morgan fingerprint density at radius 1 is 1.06 bits per heavy atom. The minimum Gasteiger partial charge on any atom is -0.399 e. The maximum atomic E-state index is 5.76. The van der Waals surface area contributed by atoms with Gasteiger partial charge in [0.15, 0.2) is 0 Å². The van der Waals surface area contributed by atoms with Crippen molar-refractivity contribution in [3.63, 3.8) is 0 Å². The number of nitrogens with two attached hydrogens (primary N) is 1. The van der Waals surface area contributed by atoms with Gasteiger partial charge in [-0.15, -0.1) is 0 Å². The van der Waals surface area contributed by atoms with Gasteiger partial charge in [-0.1, -0.05) is 26.0 Å². The van der Waals surface area contributed by atoms with Crippen LogP contribution in [0.4, 0.5) is 5.69 Å². The Bertz CT molecular complexity index is 353. The molecule has 100 valence electrons. The molecule has 3 nitrogen and oxygen atoms in total. The van der Waals surface area contributed by atoms with Crippen molar-refractivity contribution in [2.24, 2.45) is 0 Å². The van der Waals surface area contributed by atoms with E-state index in [1.807, 2.05) is 12.1 Å². The molecular formula is C15H25N3. The van der Waals surface area contributed by atoms with Gasteiger partial charge in [0.1, 0.15) is 0 Å². The van der Waals surface area contributed by atoms with Crippen LogP contribution in [0.1, 0.15) is 31.9 Å². The van der Waals surface area contributed by atoms with Gasteiger partial charge in [-0.05, 0) is 30.7 Å². The van der Waals surface area contributed by atoms with Crippen LogP contribution in [0.2, 0.25) is 0 Å². The van der Waals surface area contributed by atoms with Crippen LogP contribution in [0.15, 0.2) is 24.3 Å². The molecule has 1 saturated heterocycles. The number of nitrogens with zero attached hydrogens (tertiary/aromatic N) is 2. The van der Waals surface area contributed by atoms with Crippen molar-refractivity contribution >= 4 is 5.69 Å². The van der Waals surface area contributed by atoms with E-state index in [0.717, 1.165) is 12.1 Å². The summed E-state index contributed by atoms with van der Waals surface area (Å²) in [5.41, 5.74) is 8.01. The van der Waals surface area contributed by atoms with E-state index in [2.05, 4.69) is 35.8 Å². The van der Waals surface area contributed by atoms with Crippen LogP contribution in [0.5, 0.6) is 0 Å². The summed E-state index contributed by atoms with van der Waals surface area (Å²) in [4.78, 5) is 5.13. The summed E-state index contributed by atoms with van der Waals surface area (Å²) in [7, 11) is 0. The lowest BCUT2D eigenvalue weighted by Crippen LogP contribution is -2.47. The predicted molar refractivity (Wildman–Crippen MR) is 77.6 cm³/mol. The highest BCUT2D eigenvalue weighted by atomic mass is 15.3. The summed E-state index contributed by atoms with van der Waals surface area (Å²) in [5, 5.41) is 0. The van der Waals surface area contributed by atoms with E-state index in [-0.39, 0.29) is 0 Å². The molecule has 0 bridgehead atoms. The van der Waals surface area contributed by atoms with Crippen LogP contribution in [-0.4, -0.2) is 42.5 Å². The van der Waals surface area contributed by atoms with Crippen molar-refractivity contribution in [1.29, 1.82) is 0 Å². The van der Waals surface area contributed by atoms with Gasteiger partial charge in [0.05, 0.1) is 0 Å². The fourth-order valence-electron chi connectivity index (χ4n) is 2.81. The van der Waals surface area contributed by atoms with Crippen molar-refractivity contribution < 1.29 is 0 Å². The van der Waals surface area contributed by atoms with E-state index < -0.39 is 0 Å². The average Bonchev–Trinajstić information content (AvgIpc) is 2.42. The van der Waals surface area contributed by atoms with Crippen LogP contribution < -0.4 is 5.73 Å². The molecule has 1 aromatic rings. The van der Waals surface area contributed by atoms with Crippen molar-refractivity contribution in [3.05, 3.63) is 29.8 Å². The third-order valence-corrected chi connectivity index (χ3v) is 4.00. The van der Waals surface area contributed by atoms with E-state index in [0.29, 0.717) is 6.04 Å². The van der Waals surface area contributed by atoms with Gasteiger partial charge < -0.3 is 10.6 Å². The maximum absolute atomic E-state index is 5.76. The zero-order chi connectivity index (χ0) is 13.0. The number of likely N-dealkylation sites (N-methyl/N-ethyl adjacent to an activating group) is 1. The second-order valence-corrected chi connectivity index (χ2v) is 5.06. The highest BCUT2D eigenvalue weighted by molar-refractivity contribution is 5.40. The number of rotatable bonds is 4. The van der Waals surface area contributed by atoms with E-state index in [4.69, 9.17) is 5.73 Å². The third-order valence-electron chi connectivity index (χ3n) is 4.00. The van der Waals surface area contributed by atoms with Gasteiger partial charge in [0.2, 0.25) is 0 Å². The average molecular weight is 247 g/mol. The van der Waals surface area contributed by atoms with Crippen LogP contribution >= 0.6 is 0 Å². The third kappa shape index (κ3) is 3.03. The SMILES string of the molecule is CCC(c1ccc(N)cc1)N1CCN(CC)CC1. The zero-order valence-electron chi connectivity index (χ0n) is 11.6. The predicted octanol–water partition coefficient (Wildman–Crippen LogP) is 2.36. The molecule has 3 heteroatoms. The molecule has 1 aromatic carbocycles. The Hall–Kier alpha value is -1.06. The molecule has 1 aliphatic heterocycles. The van der Waals surface area contributed by atoms with Crippen LogP contribution in [0.25, 0.3) is 0 Å². The molecule has 0 amide bonds. The topological polar surface area (TPSA) is 32.5 Å². The van der Waals surface area contributed by atoms with Crippen molar-refractivity contribution in [2.75, 3.05) is 38.5 Å². The van der Waals surface area contributed by atoms with E-state index in [1.165, 1.54) is 38.3 Å². The largest absolute Gasteiger partial charge is 0.399 e. The molecule has 1 heterocycles. The highest BCUT2D eigenvalue weighted by Gasteiger charge is 2.22. The standard InChI is InChI=1S/C15H25N3/c1-3-15(13-5-7-14(16)8-6-13)18-11-9-17(4-2)10-12-18/h5-8,15H,3-4,9-12,16H2,1-2H3. The molecule has 0 radical (unpaired) electrons. The zero-order valence-corrected chi connectivity index (χ0v) is 11.6. The summed E-state index contributed by atoms with van der Waals surface area (Å²) in [6, 6.07) is 8.93. The molecule has 1 atom stereocenters. The first-order valence-corrected chi connectivity index (χ1v) is 7.06. The summed E-state index contributed by atoms with van der Waals surface area (Å²) >= 11 is 0. The molecule has 0 saturated carbocycles. The van der Waals surface area contributed by atoms with Gasteiger partial charge in [-0.3, -0.25) is 4.90 Å². The molecule has 1 aliphatic rings. The first kappa shape index (κ1) is 13.4. The first-order valence-electron chi connectivity index (χ1n) is 7.06. The van der Waals surface area contributed by atoms with Gasteiger partial charge in [-0.25, -0.2) is 0 Å². The number of benzene rings is 1. The second-order valence-electron chi connectivity index (χ2n) is 5.06. The fourth-order valence-corrected chi connectivity index (χ4v) is 2.81. The minimum absolute atomic E-state index is 0.546. The Morgan fingerprint density at radius 3 is 2.17 bits per heavy atom. The Morgan fingerprint density at radius 2 is 1.67 bits per heavy atom. The van der Waals surface area contributed by atoms with Crippen molar-refractivity contribution in [2.45, 2.75) is 26.3 Å². The molecule has 0 aliphatic carbocycles. The van der Waals surface area contributed by atoms with Gasteiger partial charge in [0, 0.05) is 37.9 Å². The van der Waals surface area contributed by atoms with Gasteiger partial charge in [-0.2, -0.15) is 0 Å². The molecule has 1 unspecified atom stereocenters. The van der Waals surface area contributed by atoms with Crippen molar-refractivity contribution in [1.82, 2.24) is 9.80 Å². The second kappa shape index (κ2) is 6.21. The summed E-state index contributed by atoms with van der Waals surface area (Å²) in [5.74, 6) is 0. The lowest BCUT2D eigenvalue weighted by atomic mass is 10.0. The summed E-state index contributed by atoms with van der Waals surface area (Å²) in [6.07, 6.45) is 1.16. The molecule has 18 heavy (non-hydrogen) atoms. The molecule has 2 N–H and O–H groups in total. The number of hydrogen-bond acceptors (Lipinski definition) is 3. The Labute approximate surface area is 111 Å². The Balaban J connectivity index is 2.03. The molecule has 2 rings (SSSR count). The van der Waals surface area contributed by atoms with E-state index >= 15 is 0 Å². The lowest BCUT2D eigenvalue weighted by molar-refractivity contribution is 0.0971. The van der Waals surface area contributed by atoms with Crippen LogP contribution in [-0.2, 0) is 0 Å². The van der Waals surface area contributed by atoms with E-state index in [9.17, 15) is 0 Å².